The van der Waals surface area contributed by atoms with E-state index >= 15 is 0 Å². The number of sulfonamides is 1. The number of rotatable bonds is 7. The monoisotopic (exact) mass is 457 g/mol. The molecule has 3 N–H and O–H groups in total. The molecule has 2 amide bonds. The molecule has 2 rings (SSSR count). The number of carbonyl (C=O) groups excluding carboxylic acids is 2. The molecule has 0 bridgehead atoms. The summed E-state index contributed by atoms with van der Waals surface area (Å²) in [5.74, 6) is -1.83. The van der Waals surface area contributed by atoms with Crippen molar-refractivity contribution in [3.05, 3.63) is 28.2 Å². The summed E-state index contributed by atoms with van der Waals surface area (Å²) in [6.07, 6.45) is -3.06. The van der Waals surface area contributed by atoms with E-state index in [1.54, 1.807) is 5.32 Å². The molecule has 1 aliphatic carbocycles. The predicted molar refractivity (Wildman–Crippen MR) is 88.9 cm³/mol. The molecule has 1 saturated carbocycles. The van der Waals surface area contributed by atoms with Gasteiger partial charge in [-0.15, -0.1) is 0 Å². The number of amides is 2. The van der Waals surface area contributed by atoms with Crippen LogP contribution in [0.15, 0.2) is 27.6 Å². The molecule has 0 saturated heterocycles. The molecule has 0 spiro atoms. The maximum Gasteiger partial charge on any atom is 0.405 e. The fourth-order valence-corrected chi connectivity index (χ4v) is 3.61. The van der Waals surface area contributed by atoms with Gasteiger partial charge in [-0.1, -0.05) is 0 Å². The largest absolute Gasteiger partial charge is 0.405 e. The minimum atomic E-state index is -4.56. The number of hydrogen-bond donors (Lipinski definition) is 3. The van der Waals surface area contributed by atoms with E-state index in [0.29, 0.717) is 0 Å². The van der Waals surface area contributed by atoms with Crippen LogP contribution in [0.5, 0.6) is 0 Å². The first-order valence-electron chi connectivity index (χ1n) is 7.41. The third kappa shape index (κ3) is 6.25. The van der Waals surface area contributed by atoms with Crippen LogP contribution >= 0.6 is 15.9 Å². The summed E-state index contributed by atoms with van der Waals surface area (Å²) in [6, 6.07) is 3.68. The number of hydrogen-bond acceptors (Lipinski definition) is 4. The Labute approximate surface area is 155 Å². The fourth-order valence-electron chi connectivity index (χ4n) is 1.85. The molecule has 144 valence electrons. The molecule has 0 unspecified atom stereocenters. The Morgan fingerprint density at radius 3 is 2.42 bits per heavy atom. The van der Waals surface area contributed by atoms with Crippen LogP contribution in [0.1, 0.15) is 23.2 Å². The highest BCUT2D eigenvalue weighted by atomic mass is 79.9. The summed E-state index contributed by atoms with van der Waals surface area (Å²) in [5.41, 5.74) is -0.0627. The van der Waals surface area contributed by atoms with Crippen molar-refractivity contribution in [1.82, 2.24) is 15.4 Å². The van der Waals surface area contributed by atoms with Gasteiger partial charge in [0.1, 0.15) is 6.54 Å². The highest BCUT2D eigenvalue weighted by Gasteiger charge is 2.29. The average Bonchev–Trinajstić information content (AvgIpc) is 3.33. The Hall–Kier alpha value is -1.66. The molecule has 0 aliphatic heterocycles. The van der Waals surface area contributed by atoms with Crippen molar-refractivity contribution in [1.29, 1.82) is 0 Å². The van der Waals surface area contributed by atoms with Gasteiger partial charge in [0.2, 0.25) is 15.9 Å². The Morgan fingerprint density at radius 2 is 1.85 bits per heavy atom. The van der Waals surface area contributed by atoms with Crippen molar-refractivity contribution >= 4 is 37.8 Å². The lowest BCUT2D eigenvalue weighted by Gasteiger charge is -2.11. The minimum Gasteiger partial charge on any atom is -0.345 e. The van der Waals surface area contributed by atoms with Crippen LogP contribution < -0.4 is 15.4 Å². The normalized spacial score (nSPS) is 14.8. The Morgan fingerprint density at radius 1 is 1.19 bits per heavy atom. The van der Waals surface area contributed by atoms with Crippen molar-refractivity contribution in [3.63, 3.8) is 0 Å². The first kappa shape index (κ1) is 20.6. The van der Waals surface area contributed by atoms with Gasteiger partial charge >= 0.3 is 6.18 Å². The smallest absolute Gasteiger partial charge is 0.345 e. The third-order valence-corrected chi connectivity index (χ3v) is 5.50. The average molecular weight is 458 g/mol. The summed E-state index contributed by atoms with van der Waals surface area (Å²) in [7, 11) is -3.78. The van der Waals surface area contributed by atoms with Crippen molar-refractivity contribution < 1.29 is 31.2 Å². The van der Waals surface area contributed by atoms with Gasteiger partial charge in [-0.2, -0.15) is 13.2 Å². The van der Waals surface area contributed by atoms with Crippen LogP contribution in [0.2, 0.25) is 0 Å². The van der Waals surface area contributed by atoms with E-state index in [1.165, 1.54) is 12.1 Å². The van der Waals surface area contributed by atoms with Gasteiger partial charge in [0.25, 0.3) is 5.91 Å². The van der Waals surface area contributed by atoms with E-state index < -0.39 is 41.1 Å². The van der Waals surface area contributed by atoms with Gasteiger partial charge in [-0.3, -0.25) is 9.59 Å². The summed E-state index contributed by atoms with van der Waals surface area (Å²) < 4.78 is 63.1. The van der Waals surface area contributed by atoms with Gasteiger partial charge in [0.15, 0.2) is 0 Å². The molecule has 12 heteroatoms. The zero-order chi connectivity index (χ0) is 19.5. The topological polar surface area (TPSA) is 104 Å². The van der Waals surface area contributed by atoms with Crippen LogP contribution in [0, 0.1) is 0 Å². The van der Waals surface area contributed by atoms with Crippen LogP contribution in [0.4, 0.5) is 13.2 Å². The van der Waals surface area contributed by atoms with Crippen LogP contribution in [0.25, 0.3) is 0 Å². The molecule has 1 aromatic rings. The van der Waals surface area contributed by atoms with Crippen molar-refractivity contribution in [3.8, 4) is 0 Å². The van der Waals surface area contributed by atoms with Gasteiger partial charge in [0.05, 0.1) is 17.0 Å². The fraction of sp³-hybridized carbons (Fsp3) is 0.429. The van der Waals surface area contributed by atoms with Gasteiger partial charge in [0, 0.05) is 10.5 Å². The Bertz CT molecular complexity index is 810. The maximum absolute atomic E-state index is 12.2. The minimum absolute atomic E-state index is 0.0627. The standard InChI is InChI=1S/C14H15BrF3N3O4S/c15-11-4-3-9(26(24,25)21-8-1-2-8)5-10(11)13(23)19-6-12(22)20-7-14(16,17)18/h3-5,8,21H,1-2,6-7H2,(H,19,23)(H,20,22). The molecule has 1 aliphatic rings. The molecular weight excluding hydrogens is 443 g/mol. The third-order valence-electron chi connectivity index (χ3n) is 3.29. The highest BCUT2D eigenvalue weighted by Crippen LogP contribution is 2.25. The van der Waals surface area contributed by atoms with Crippen molar-refractivity contribution in [2.75, 3.05) is 13.1 Å². The molecule has 1 aromatic carbocycles. The quantitative estimate of drug-likeness (QED) is 0.573. The lowest BCUT2D eigenvalue weighted by atomic mass is 10.2. The van der Waals surface area contributed by atoms with E-state index in [1.807, 2.05) is 0 Å². The van der Waals surface area contributed by atoms with Crippen molar-refractivity contribution in [2.24, 2.45) is 0 Å². The first-order chi connectivity index (χ1) is 12.0. The van der Waals surface area contributed by atoms with Gasteiger partial charge in [-0.05, 0) is 47.0 Å². The lowest BCUT2D eigenvalue weighted by Crippen LogP contribution is -2.41. The Balaban J connectivity index is 2.01. The molecule has 0 aromatic heterocycles. The summed E-state index contributed by atoms with van der Waals surface area (Å²) in [6.45, 7) is -2.19. The zero-order valence-electron chi connectivity index (χ0n) is 13.2. The van der Waals surface area contributed by atoms with Crippen LogP contribution in [0.3, 0.4) is 0 Å². The number of alkyl halides is 3. The van der Waals surface area contributed by atoms with Gasteiger partial charge in [-0.25, -0.2) is 13.1 Å². The van der Waals surface area contributed by atoms with Crippen LogP contribution in [-0.4, -0.2) is 45.5 Å². The number of benzene rings is 1. The van der Waals surface area contributed by atoms with Crippen LogP contribution in [-0.2, 0) is 14.8 Å². The second-order valence-corrected chi connectivity index (χ2v) is 8.18. The van der Waals surface area contributed by atoms with E-state index in [2.05, 4.69) is 26.0 Å². The molecule has 1 fully saturated rings. The molecular formula is C14H15BrF3N3O4S. The maximum atomic E-state index is 12.2. The van der Waals surface area contributed by atoms with E-state index in [9.17, 15) is 31.2 Å². The zero-order valence-corrected chi connectivity index (χ0v) is 15.6. The number of nitrogens with one attached hydrogen (secondary N) is 3. The Kier molecular flexibility index (Phi) is 6.29. The first-order valence-corrected chi connectivity index (χ1v) is 9.69. The van der Waals surface area contributed by atoms with E-state index in [4.69, 9.17) is 0 Å². The second-order valence-electron chi connectivity index (χ2n) is 5.61. The predicted octanol–water partition coefficient (Wildman–Crippen LogP) is 1.30. The SMILES string of the molecule is O=C(CNC(=O)c1cc(S(=O)(=O)NC2CC2)ccc1Br)NCC(F)(F)F. The van der Waals surface area contributed by atoms with Crippen molar-refractivity contribution in [2.45, 2.75) is 30.0 Å². The summed E-state index contributed by atoms with van der Waals surface area (Å²) in [4.78, 5) is 23.3. The second kappa shape index (κ2) is 7.92. The summed E-state index contributed by atoms with van der Waals surface area (Å²) >= 11 is 3.10. The highest BCUT2D eigenvalue weighted by molar-refractivity contribution is 9.10. The number of halogens is 4. The molecule has 0 atom stereocenters. The molecule has 7 nitrogen and oxygen atoms in total. The number of carbonyl (C=O) groups is 2. The molecule has 26 heavy (non-hydrogen) atoms. The van der Waals surface area contributed by atoms with E-state index in [-0.39, 0.29) is 21.0 Å². The van der Waals surface area contributed by atoms with E-state index in [0.717, 1.165) is 18.9 Å². The van der Waals surface area contributed by atoms with Gasteiger partial charge < -0.3 is 10.6 Å². The molecule has 0 heterocycles. The summed E-state index contributed by atoms with van der Waals surface area (Å²) in [5, 5.41) is 3.76. The lowest BCUT2D eigenvalue weighted by molar-refractivity contribution is -0.137. The molecule has 0 radical (unpaired) electrons.